The van der Waals surface area contributed by atoms with Crippen LogP contribution in [-0.4, -0.2) is 32.7 Å². The lowest BCUT2D eigenvalue weighted by Gasteiger charge is -2.08. The predicted molar refractivity (Wildman–Crippen MR) is 76.4 cm³/mol. The quantitative estimate of drug-likeness (QED) is 0.784. The lowest BCUT2D eigenvalue weighted by Crippen LogP contribution is -2.06. The largest absolute Gasteiger partial charge is 0.384 e. The normalized spacial score (nSPS) is 11.5. The molecular formula is C12H18FNO2S2. The highest BCUT2D eigenvalue weighted by Crippen LogP contribution is 2.16. The fourth-order valence-corrected chi connectivity index (χ4v) is 2.80. The summed E-state index contributed by atoms with van der Waals surface area (Å²) in [5.41, 5.74) is 0.896. The molecular weight excluding hydrogens is 273 g/mol. The molecule has 0 saturated heterocycles. The summed E-state index contributed by atoms with van der Waals surface area (Å²) >= 11 is 1.81. The van der Waals surface area contributed by atoms with E-state index in [-0.39, 0.29) is 11.3 Å². The maximum atomic E-state index is 13.6. The minimum Gasteiger partial charge on any atom is -0.384 e. The number of sulfone groups is 1. The molecule has 0 aliphatic rings. The Morgan fingerprint density at radius 1 is 1.39 bits per heavy atom. The summed E-state index contributed by atoms with van der Waals surface area (Å²) in [6, 6.07) is 4.57. The molecule has 0 aliphatic carbocycles. The minimum atomic E-state index is -3.20. The van der Waals surface area contributed by atoms with E-state index in [0.717, 1.165) is 24.3 Å². The van der Waals surface area contributed by atoms with E-state index in [0.29, 0.717) is 5.69 Å². The Labute approximate surface area is 112 Å². The summed E-state index contributed by atoms with van der Waals surface area (Å²) in [7, 11) is -3.20. The van der Waals surface area contributed by atoms with E-state index in [1.165, 1.54) is 12.1 Å². The fraction of sp³-hybridized carbons (Fsp3) is 0.500. The molecule has 0 amide bonds. The third kappa shape index (κ3) is 5.73. The summed E-state index contributed by atoms with van der Waals surface area (Å²) in [4.78, 5) is 0. The fourth-order valence-electron chi connectivity index (χ4n) is 1.47. The summed E-state index contributed by atoms with van der Waals surface area (Å²) in [5.74, 6) is 1.28. The maximum absolute atomic E-state index is 13.6. The molecule has 1 aromatic rings. The highest BCUT2D eigenvalue weighted by Gasteiger charge is 2.09. The number of nitrogens with one attached hydrogen (secondary N) is 1. The minimum absolute atomic E-state index is 0.214. The van der Waals surface area contributed by atoms with Gasteiger partial charge in [-0.25, -0.2) is 12.8 Å². The number of halogens is 1. The zero-order chi connectivity index (χ0) is 13.6. The van der Waals surface area contributed by atoms with Crippen LogP contribution in [0.1, 0.15) is 12.5 Å². The summed E-state index contributed by atoms with van der Waals surface area (Å²) < 4.78 is 35.8. The van der Waals surface area contributed by atoms with E-state index < -0.39 is 15.7 Å². The number of hydrogen-bond acceptors (Lipinski definition) is 4. The van der Waals surface area contributed by atoms with E-state index in [1.54, 1.807) is 6.07 Å². The van der Waals surface area contributed by atoms with Crippen molar-refractivity contribution in [1.82, 2.24) is 0 Å². The smallest absolute Gasteiger partial charge is 0.151 e. The SMILES string of the molecule is CCSCCNc1ccc(CS(C)(=O)=O)c(F)c1. The van der Waals surface area contributed by atoms with Crippen molar-refractivity contribution in [3.63, 3.8) is 0 Å². The van der Waals surface area contributed by atoms with Gasteiger partial charge in [-0.05, 0) is 17.9 Å². The van der Waals surface area contributed by atoms with Gasteiger partial charge in [-0.1, -0.05) is 13.0 Å². The molecule has 0 atom stereocenters. The molecule has 1 N–H and O–H groups in total. The molecule has 102 valence electrons. The Kier molecular flexibility index (Phi) is 5.95. The second-order valence-corrected chi connectivity index (χ2v) is 7.53. The van der Waals surface area contributed by atoms with Gasteiger partial charge in [-0.2, -0.15) is 11.8 Å². The van der Waals surface area contributed by atoms with Gasteiger partial charge in [0.15, 0.2) is 9.84 Å². The summed E-state index contributed by atoms with van der Waals surface area (Å²) in [6.45, 7) is 2.85. The molecule has 1 rings (SSSR count). The molecule has 0 saturated carbocycles. The molecule has 0 radical (unpaired) electrons. The van der Waals surface area contributed by atoms with Crippen molar-refractivity contribution in [3.05, 3.63) is 29.6 Å². The van der Waals surface area contributed by atoms with Gasteiger partial charge in [0.05, 0.1) is 5.75 Å². The third-order valence-corrected chi connectivity index (χ3v) is 3.99. The van der Waals surface area contributed by atoms with E-state index in [4.69, 9.17) is 0 Å². The second kappa shape index (κ2) is 6.99. The molecule has 0 unspecified atom stereocenters. The Bertz CT molecular complexity index is 489. The number of rotatable bonds is 7. The van der Waals surface area contributed by atoms with Crippen LogP contribution in [0.5, 0.6) is 0 Å². The standard InChI is InChI=1S/C12H18FNO2S2/c1-3-17-7-6-14-11-5-4-10(12(13)8-11)9-18(2,15)16/h4-5,8,14H,3,6-7,9H2,1-2H3. The van der Waals surface area contributed by atoms with E-state index in [2.05, 4.69) is 12.2 Å². The van der Waals surface area contributed by atoms with Gasteiger partial charge in [0.2, 0.25) is 0 Å². The van der Waals surface area contributed by atoms with E-state index in [1.807, 2.05) is 11.8 Å². The zero-order valence-electron chi connectivity index (χ0n) is 10.6. The molecule has 6 heteroatoms. The van der Waals surface area contributed by atoms with Crippen molar-refractivity contribution in [1.29, 1.82) is 0 Å². The maximum Gasteiger partial charge on any atom is 0.151 e. The van der Waals surface area contributed by atoms with Crippen LogP contribution in [0.15, 0.2) is 18.2 Å². The van der Waals surface area contributed by atoms with Crippen molar-refractivity contribution in [3.8, 4) is 0 Å². The van der Waals surface area contributed by atoms with E-state index >= 15 is 0 Å². The monoisotopic (exact) mass is 291 g/mol. The zero-order valence-corrected chi connectivity index (χ0v) is 12.2. The Morgan fingerprint density at radius 2 is 2.11 bits per heavy atom. The molecule has 0 aromatic heterocycles. The number of anilines is 1. The Balaban J connectivity index is 2.62. The lowest BCUT2D eigenvalue weighted by atomic mass is 10.2. The van der Waals surface area contributed by atoms with Crippen LogP contribution in [0.25, 0.3) is 0 Å². The van der Waals surface area contributed by atoms with Gasteiger partial charge in [-0.3, -0.25) is 0 Å². The highest BCUT2D eigenvalue weighted by molar-refractivity contribution is 7.99. The first kappa shape index (κ1) is 15.3. The average molecular weight is 291 g/mol. The van der Waals surface area contributed by atoms with Crippen molar-refractivity contribution >= 4 is 27.3 Å². The first-order valence-corrected chi connectivity index (χ1v) is 8.91. The first-order chi connectivity index (χ1) is 8.42. The summed E-state index contributed by atoms with van der Waals surface area (Å²) in [6.07, 6.45) is 1.10. The molecule has 1 aromatic carbocycles. The molecule has 0 spiro atoms. The number of thioether (sulfide) groups is 1. The molecule has 0 heterocycles. The van der Waals surface area contributed by atoms with Gasteiger partial charge in [0.1, 0.15) is 5.82 Å². The second-order valence-electron chi connectivity index (χ2n) is 4.00. The van der Waals surface area contributed by atoms with Gasteiger partial charge >= 0.3 is 0 Å². The van der Waals surface area contributed by atoms with Crippen molar-refractivity contribution in [2.75, 3.05) is 29.6 Å². The molecule has 18 heavy (non-hydrogen) atoms. The van der Waals surface area contributed by atoms with E-state index in [9.17, 15) is 12.8 Å². The highest BCUT2D eigenvalue weighted by atomic mass is 32.2. The van der Waals surface area contributed by atoms with Crippen LogP contribution in [-0.2, 0) is 15.6 Å². The predicted octanol–water partition coefficient (Wildman–Crippen LogP) is 2.54. The van der Waals surface area contributed by atoms with Crippen molar-refractivity contribution in [2.24, 2.45) is 0 Å². The van der Waals surface area contributed by atoms with Gasteiger partial charge < -0.3 is 5.32 Å². The lowest BCUT2D eigenvalue weighted by molar-refractivity contribution is 0.592. The van der Waals surface area contributed by atoms with Crippen LogP contribution in [0.4, 0.5) is 10.1 Å². The molecule has 0 fully saturated rings. The van der Waals surface area contributed by atoms with Crippen molar-refractivity contribution in [2.45, 2.75) is 12.7 Å². The van der Waals surface area contributed by atoms with Crippen LogP contribution in [0.2, 0.25) is 0 Å². The number of benzene rings is 1. The third-order valence-electron chi connectivity index (χ3n) is 2.25. The first-order valence-electron chi connectivity index (χ1n) is 5.70. The summed E-state index contributed by atoms with van der Waals surface area (Å²) in [5, 5.41) is 3.10. The molecule has 3 nitrogen and oxygen atoms in total. The van der Waals surface area contributed by atoms with Crippen molar-refractivity contribution < 1.29 is 12.8 Å². The van der Waals surface area contributed by atoms with Crippen LogP contribution in [0, 0.1) is 5.82 Å². The average Bonchev–Trinajstić information content (AvgIpc) is 2.26. The Hall–Kier alpha value is -0.750. The topological polar surface area (TPSA) is 46.2 Å². The van der Waals surface area contributed by atoms with Gasteiger partial charge in [0, 0.05) is 29.8 Å². The van der Waals surface area contributed by atoms with Crippen LogP contribution in [0.3, 0.4) is 0 Å². The van der Waals surface area contributed by atoms with Gasteiger partial charge in [-0.15, -0.1) is 0 Å². The number of hydrogen-bond donors (Lipinski definition) is 1. The van der Waals surface area contributed by atoms with Crippen LogP contribution >= 0.6 is 11.8 Å². The molecule has 0 aliphatic heterocycles. The Morgan fingerprint density at radius 3 is 2.67 bits per heavy atom. The van der Waals surface area contributed by atoms with Gasteiger partial charge in [0.25, 0.3) is 0 Å². The van der Waals surface area contributed by atoms with Crippen LogP contribution < -0.4 is 5.32 Å². The molecule has 0 bridgehead atoms.